The predicted octanol–water partition coefficient (Wildman–Crippen LogP) is 6.68. The number of aromatic amines is 1. The number of alkyl carbamates (subject to hydrolysis) is 1. The Labute approximate surface area is 198 Å². The highest BCUT2D eigenvalue weighted by Crippen LogP contribution is 2.27. The topological polar surface area (TPSA) is 67.0 Å². The molecule has 0 spiro atoms. The molecule has 2 N–H and O–H groups in total. The summed E-state index contributed by atoms with van der Waals surface area (Å²) in [4.78, 5) is 20.3. The minimum atomic E-state index is -1.40. The first-order valence-electron chi connectivity index (χ1n) is 11.4. The molecule has 0 aliphatic rings. The van der Waals surface area contributed by atoms with E-state index in [1.807, 2.05) is 40.8 Å². The Morgan fingerprint density at radius 2 is 1.76 bits per heavy atom. The third kappa shape index (κ3) is 6.97. The molecule has 6 heteroatoms. The van der Waals surface area contributed by atoms with Crippen LogP contribution in [-0.4, -0.2) is 29.7 Å². The monoisotopic (exact) mass is 461 g/mol. The molecule has 1 heterocycles. The van der Waals surface area contributed by atoms with Gasteiger partial charge in [0.1, 0.15) is 19.5 Å². The molecular formula is C27H35N3O2Si. The number of fused-ring (bicyclic) bond motifs is 1. The van der Waals surface area contributed by atoms with Gasteiger partial charge in [0, 0.05) is 11.1 Å². The molecule has 0 aliphatic carbocycles. The van der Waals surface area contributed by atoms with Crippen LogP contribution >= 0.6 is 0 Å². The van der Waals surface area contributed by atoms with E-state index in [0.717, 1.165) is 27.6 Å². The number of rotatable bonds is 4. The van der Waals surface area contributed by atoms with Crippen molar-refractivity contribution in [1.29, 1.82) is 0 Å². The molecule has 174 valence electrons. The summed E-state index contributed by atoms with van der Waals surface area (Å²) in [5.74, 6) is 4.18. The Hall–Kier alpha value is -3.04. The van der Waals surface area contributed by atoms with Gasteiger partial charge in [0.15, 0.2) is 0 Å². The highest BCUT2D eigenvalue weighted by Gasteiger charge is 2.25. The van der Waals surface area contributed by atoms with Gasteiger partial charge in [-0.2, -0.15) is 0 Å². The molecule has 0 fully saturated rings. The fourth-order valence-electron chi connectivity index (χ4n) is 3.38. The molecule has 5 nitrogen and oxygen atoms in total. The van der Waals surface area contributed by atoms with Crippen LogP contribution in [0.4, 0.5) is 4.79 Å². The lowest BCUT2D eigenvalue weighted by Gasteiger charge is -2.24. The van der Waals surface area contributed by atoms with Crippen LogP contribution in [0.5, 0.6) is 0 Å². The summed E-state index contributed by atoms with van der Waals surface area (Å²) in [5.41, 5.74) is 5.88. The second-order valence-electron chi connectivity index (χ2n) is 10.8. The molecule has 2 aromatic carbocycles. The zero-order valence-corrected chi connectivity index (χ0v) is 22.0. The molecule has 1 amide bonds. The van der Waals surface area contributed by atoms with Gasteiger partial charge in [0.25, 0.3) is 0 Å². The molecule has 3 rings (SSSR count). The lowest BCUT2D eigenvalue weighted by atomic mass is 10.0. The van der Waals surface area contributed by atoms with E-state index in [2.05, 4.69) is 82.8 Å². The van der Waals surface area contributed by atoms with E-state index in [-0.39, 0.29) is 12.0 Å². The molecule has 0 aliphatic heterocycles. The number of carbonyl (C=O) groups is 1. The first-order valence-corrected chi connectivity index (χ1v) is 14.9. The first kappa shape index (κ1) is 24.6. The molecule has 0 bridgehead atoms. The van der Waals surface area contributed by atoms with E-state index < -0.39 is 19.8 Å². The second kappa shape index (κ2) is 9.44. The SMILES string of the molecule is CC(C)[C@H](NC(=O)OC(C)(C)C)c1ncc(-c2ccc3cc(C#C[Si](C)(C)C)ccc3c2)[nH]1. The number of imidazole rings is 1. The fraction of sp³-hybridized carbons (Fsp3) is 0.407. The number of hydrogen-bond acceptors (Lipinski definition) is 3. The number of H-pyrrole nitrogens is 1. The maximum Gasteiger partial charge on any atom is 0.408 e. The molecule has 0 saturated heterocycles. The van der Waals surface area contributed by atoms with Gasteiger partial charge in [-0.1, -0.05) is 57.6 Å². The van der Waals surface area contributed by atoms with Gasteiger partial charge in [-0.25, -0.2) is 9.78 Å². The van der Waals surface area contributed by atoms with Crippen molar-refractivity contribution < 1.29 is 9.53 Å². The van der Waals surface area contributed by atoms with Crippen molar-refractivity contribution in [2.24, 2.45) is 5.92 Å². The van der Waals surface area contributed by atoms with E-state index in [1.54, 1.807) is 0 Å². The highest BCUT2D eigenvalue weighted by atomic mass is 28.3. The van der Waals surface area contributed by atoms with Gasteiger partial charge in [0.2, 0.25) is 0 Å². The quantitative estimate of drug-likeness (QED) is 0.336. The summed E-state index contributed by atoms with van der Waals surface area (Å²) >= 11 is 0. The average Bonchev–Trinajstić information content (AvgIpc) is 3.17. The number of benzene rings is 2. The van der Waals surface area contributed by atoms with E-state index in [1.165, 1.54) is 0 Å². The van der Waals surface area contributed by atoms with Gasteiger partial charge in [0.05, 0.1) is 17.9 Å². The Bertz CT molecular complexity index is 1200. The van der Waals surface area contributed by atoms with Gasteiger partial charge >= 0.3 is 6.09 Å². The number of nitrogens with one attached hydrogen (secondary N) is 2. The van der Waals surface area contributed by atoms with Crippen molar-refractivity contribution >= 4 is 24.9 Å². The maximum absolute atomic E-state index is 12.3. The summed E-state index contributed by atoms with van der Waals surface area (Å²) in [5, 5.41) is 5.25. The van der Waals surface area contributed by atoms with E-state index in [0.29, 0.717) is 5.82 Å². The third-order valence-corrected chi connectivity index (χ3v) is 5.84. The summed E-state index contributed by atoms with van der Waals surface area (Å²) in [6, 6.07) is 12.4. The van der Waals surface area contributed by atoms with Crippen LogP contribution in [0.15, 0.2) is 42.6 Å². The molecule has 3 aromatic rings. The fourth-order valence-corrected chi connectivity index (χ4v) is 3.90. The third-order valence-electron chi connectivity index (χ3n) is 4.96. The largest absolute Gasteiger partial charge is 0.444 e. The van der Waals surface area contributed by atoms with Gasteiger partial charge in [-0.15, -0.1) is 5.54 Å². The lowest BCUT2D eigenvalue weighted by molar-refractivity contribution is 0.0486. The van der Waals surface area contributed by atoms with Crippen LogP contribution < -0.4 is 5.32 Å². The van der Waals surface area contributed by atoms with Crippen molar-refractivity contribution in [3.05, 3.63) is 54.0 Å². The number of hydrogen-bond donors (Lipinski definition) is 2. The van der Waals surface area contributed by atoms with Crippen molar-refractivity contribution in [2.45, 2.75) is 65.9 Å². The zero-order chi connectivity index (χ0) is 24.4. The molecule has 1 atom stereocenters. The van der Waals surface area contributed by atoms with Crippen molar-refractivity contribution in [3.8, 4) is 22.7 Å². The van der Waals surface area contributed by atoms with E-state index in [4.69, 9.17) is 4.74 Å². The molecule has 33 heavy (non-hydrogen) atoms. The van der Waals surface area contributed by atoms with Crippen LogP contribution in [-0.2, 0) is 4.74 Å². The summed E-state index contributed by atoms with van der Waals surface area (Å²) in [6.45, 7) is 16.4. The second-order valence-corrected chi connectivity index (χ2v) is 15.6. The summed E-state index contributed by atoms with van der Waals surface area (Å²) in [6.07, 6.45) is 1.37. The Balaban J connectivity index is 1.83. The molecule has 0 unspecified atom stereocenters. The lowest BCUT2D eigenvalue weighted by Crippen LogP contribution is -2.37. The van der Waals surface area contributed by atoms with Crippen molar-refractivity contribution in [3.63, 3.8) is 0 Å². The summed E-state index contributed by atoms with van der Waals surface area (Å²) in [7, 11) is -1.40. The highest BCUT2D eigenvalue weighted by molar-refractivity contribution is 6.83. The smallest absolute Gasteiger partial charge is 0.408 e. The first-order chi connectivity index (χ1) is 15.3. The molecular weight excluding hydrogens is 426 g/mol. The maximum atomic E-state index is 12.3. The molecule has 1 aromatic heterocycles. The van der Waals surface area contributed by atoms with E-state index in [9.17, 15) is 4.79 Å². The van der Waals surface area contributed by atoms with Crippen LogP contribution in [0.25, 0.3) is 22.0 Å². The number of amides is 1. The summed E-state index contributed by atoms with van der Waals surface area (Å²) < 4.78 is 5.43. The van der Waals surface area contributed by atoms with Crippen LogP contribution in [0, 0.1) is 17.4 Å². The Morgan fingerprint density at radius 1 is 1.09 bits per heavy atom. The van der Waals surface area contributed by atoms with Gasteiger partial charge in [-0.05, 0) is 55.7 Å². The van der Waals surface area contributed by atoms with Gasteiger partial charge < -0.3 is 15.0 Å². The number of aromatic nitrogens is 2. The van der Waals surface area contributed by atoms with Gasteiger partial charge in [-0.3, -0.25) is 0 Å². The molecule has 0 radical (unpaired) electrons. The van der Waals surface area contributed by atoms with Crippen molar-refractivity contribution in [2.75, 3.05) is 0 Å². The standard InChI is InChI=1S/C27H35N3O2Si/c1-18(2)24(30-26(31)32-27(3,4)5)25-28-17-23(29-25)22-12-11-20-15-19(9-10-21(20)16-22)13-14-33(6,7)8/h9-12,15-18,24H,1-8H3,(H,28,29)(H,30,31)/t24-/m0/s1. The normalized spacial score (nSPS) is 12.9. The zero-order valence-electron chi connectivity index (χ0n) is 21.0. The van der Waals surface area contributed by atoms with Crippen molar-refractivity contribution in [1.82, 2.24) is 15.3 Å². The number of nitrogens with zero attached hydrogens (tertiary/aromatic N) is 1. The number of carbonyl (C=O) groups excluding carboxylic acids is 1. The Morgan fingerprint density at radius 3 is 2.39 bits per heavy atom. The number of ether oxygens (including phenoxy) is 1. The average molecular weight is 462 g/mol. The van der Waals surface area contributed by atoms with Crippen LogP contribution in [0.2, 0.25) is 19.6 Å². The minimum Gasteiger partial charge on any atom is -0.444 e. The Kier molecular flexibility index (Phi) is 7.04. The van der Waals surface area contributed by atoms with E-state index >= 15 is 0 Å². The van der Waals surface area contributed by atoms with Crippen LogP contribution in [0.1, 0.15) is 52.0 Å². The minimum absolute atomic E-state index is 0.142. The molecule has 0 saturated carbocycles. The predicted molar refractivity (Wildman–Crippen MR) is 139 cm³/mol. The van der Waals surface area contributed by atoms with Crippen LogP contribution in [0.3, 0.4) is 0 Å².